The summed E-state index contributed by atoms with van der Waals surface area (Å²) in [5, 5.41) is 7.91. The van der Waals surface area contributed by atoms with Crippen molar-refractivity contribution in [2.24, 2.45) is 0 Å². The molecular weight excluding hydrogens is 400 g/mol. The van der Waals surface area contributed by atoms with Gasteiger partial charge < -0.3 is 9.72 Å². The predicted octanol–water partition coefficient (Wildman–Crippen LogP) is 4.67. The van der Waals surface area contributed by atoms with Gasteiger partial charge in [0.1, 0.15) is 0 Å². The number of nitrogens with one attached hydrogen (secondary N) is 2. The topological polar surface area (TPSA) is 74.0 Å². The number of allylic oxidation sites excluding steroid dienone is 5. The highest BCUT2D eigenvalue weighted by molar-refractivity contribution is 5.87. The van der Waals surface area contributed by atoms with Crippen LogP contribution >= 0.6 is 0 Å². The van der Waals surface area contributed by atoms with Gasteiger partial charge in [0.25, 0.3) is 5.56 Å². The number of benzene rings is 1. The Bertz CT molecular complexity index is 1220. The fourth-order valence-electron chi connectivity index (χ4n) is 4.38. The number of hydrogen-bond acceptors (Lipinski definition) is 4. The van der Waals surface area contributed by atoms with Gasteiger partial charge >= 0.3 is 0 Å². The monoisotopic (exact) mass is 430 g/mol. The second-order valence-electron chi connectivity index (χ2n) is 8.41. The Morgan fingerprint density at radius 3 is 2.75 bits per heavy atom. The minimum atomic E-state index is -0.227. The van der Waals surface area contributed by atoms with Crippen LogP contribution in [0.3, 0.4) is 0 Å². The lowest BCUT2D eigenvalue weighted by atomic mass is 10.1. The van der Waals surface area contributed by atoms with Crippen molar-refractivity contribution >= 4 is 16.5 Å². The first-order valence-electron chi connectivity index (χ1n) is 11.0. The second kappa shape index (κ2) is 9.51. The van der Waals surface area contributed by atoms with Gasteiger partial charge in [0, 0.05) is 36.1 Å². The quantitative estimate of drug-likeness (QED) is 0.557. The van der Waals surface area contributed by atoms with Crippen LogP contribution in [-0.4, -0.2) is 45.4 Å². The minimum Gasteiger partial charge on any atom is -0.373 e. The third kappa shape index (κ3) is 4.82. The van der Waals surface area contributed by atoms with E-state index in [1.807, 2.05) is 37.3 Å². The zero-order chi connectivity index (χ0) is 22.7. The van der Waals surface area contributed by atoms with E-state index < -0.39 is 0 Å². The van der Waals surface area contributed by atoms with Crippen molar-refractivity contribution in [1.82, 2.24) is 20.1 Å². The maximum absolute atomic E-state index is 12.6. The number of morpholine rings is 1. The van der Waals surface area contributed by atoms with Crippen LogP contribution in [0.15, 0.2) is 66.0 Å². The summed E-state index contributed by atoms with van der Waals surface area (Å²) in [6.07, 6.45) is 7.95. The van der Waals surface area contributed by atoms with Gasteiger partial charge in [-0.1, -0.05) is 43.0 Å². The van der Waals surface area contributed by atoms with Crippen LogP contribution in [0.1, 0.15) is 32.0 Å². The van der Waals surface area contributed by atoms with Crippen molar-refractivity contribution in [2.45, 2.75) is 39.5 Å². The average molecular weight is 431 g/mol. The second-order valence-corrected chi connectivity index (χ2v) is 8.41. The summed E-state index contributed by atoms with van der Waals surface area (Å²) in [5.41, 5.74) is 4.92. The van der Waals surface area contributed by atoms with Crippen molar-refractivity contribution in [2.75, 3.05) is 13.1 Å². The van der Waals surface area contributed by atoms with E-state index in [4.69, 9.17) is 4.74 Å². The summed E-state index contributed by atoms with van der Waals surface area (Å²) in [4.78, 5) is 18.4. The van der Waals surface area contributed by atoms with Crippen LogP contribution < -0.4 is 5.56 Å². The van der Waals surface area contributed by atoms with Crippen molar-refractivity contribution < 1.29 is 4.74 Å². The molecule has 2 atom stereocenters. The van der Waals surface area contributed by atoms with Gasteiger partial charge in [-0.25, -0.2) is 5.10 Å². The standard InChI is InChI=1S/C26H30N4O2/c1-5-7-20(8-6-2)24-13-22(26(31)29-28-24)25-12-21-10-9-19(11-23(21)27-25)16-30-14-17(3)32-18(4)15-30/h5-13,17-18,27H,1,14-16H2,2-4H3,(H,29,31)/b8-6-,20-7+. The van der Waals surface area contributed by atoms with Gasteiger partial charge in [0.05, 0.1) is 29.2 Å². The molecule has 6 heteroatoms. The molecule has 2 unspecified atom stereocenters. The van der Waals surface area contributed by atoms with Gasteiger partial charge in [-0.3, -0.25) is 9.69 Å². The maximum Gasteiger partial charge on any atom is 0.273 e. The Kier molecular flexibility index (Phi) is 6.53. The fourth-order valence-corrected chi connectivity index (χ4v) is 4.38. The Labute approximate surface area is 188 Å². The molecular formula is C26H30N4O2. The lowest BCUT2D eigenvalue weighted by Crippen LogP contribution is -2.44. The van der Waals surface area contributed by atoms with E-state index >= 15 is 0 Å². The maximum atomic E-state index is 12.6. The minimum absolute atomic E-state index is 0.227. The molecule has 166 valence electrons. The smallest absolute Gasteiger partial charge is 0.273 e. The molecule has 0 radical (unpaired) electrons. The van der Waals surface area contributed by atoms with E-state index in [2.05, 4.69) is 58.7 Å². The molecule has 2 N–H and O–H groups in total. The number of nitrogens with zero attached hydrogens (tertiary/aromatic N) is 2. The molecule has 0 aliphatic carbocycles. The Hall–Kier alpha value is -3.22. The van der Waals surface area contributed by atoms with Gasteiger partial charge in [0.2, 0.25) is 0 Å². The lowest BCUT2D eigenvalue weighted by Gasteiger charge is -2.35. The first kappa shape index (κ1) is 22.0. The summed E-state index contributed by atoms with van der Waals surface area (Å²) in [6.45, 7) is 12.7. The summed E-state index contributed by atoms with van der Waals surface area (Å²) in [7, 11) is 0. The molecule has 1 aliphatic rings. The lowest BCUT2D eigenvalue weighted by molar-refractivity contribution is -0.0704. The van der Waals surface area contributed by atoms with Gasteiger partial charge in [0.15, 0.2) is 0 Å². The van der Waals surface area contributed by atoms with Crippen LogP contribution in [0.2, 0.25) is 0 Å². The van der Waals surface area contributed by atoms with Crippen LogP contribution in [0.25, 0.3) is 27.7 Å². The fraction of sp³-hybridized carbons (Fsp3) is 0.308. The summed E-state index contributed by atoms with van der Waals surface area (Å²) < 4.78 is 5.85. The van der Waals surface area contributed by atoms with Gasteiger partial charge in [-0.05, 0) is 44.5 Å². The van der Waals surface area contributed by atoms with Crippen LogP contribution in [0.4, 0.5) is 0 Å². The zero-order valence-electron chi connectivity index (χ0n) is 18.9. The molecule has 0 bridgehead atoms. The number of H-pyrrole nitrogens is 2. The van der Waals surface area contributed by atoms with Gasteiger partial charge in [-0.15, -0.1) is 0 Å². The first-order chi connectivity index (χ1) is 15.5. The highest BCUT2D eigenvalue weighted by Gasteiger charge is 2.22. The van der Waals surface area contributed by atoms with Gasteiger partial charge in [-0.2, -0.15) is 5.10 Å². The Balaban J connectivity index is 1.64. The Morgan fingerprint density at radius 2 is 2.03 bits per heavy atom. The number of aromatic nitrogens is 3. The number of aromatic amines is 2. The summed E-state index contributed by atoms with van der Waals surface area (Å²) in [5.74, 6) is 0. The normalized spacial score (nSPS) is 20.3. The molecule has 1 fully saturated rings. The Morgan fingerprint density at radius 1 is 1.25 bits per heavy atom. The molecule has 1 aromatic carbocycles. The third-order valence-corrected chi connectivity index (χ3v) is 5.62. The number of hydrogen-bond donors (Lipinski definition) is 2. The van der Waals surface area contributed by atoms with E-state index in [0.29, 0.717) is 11.3 Å². The van der Waals surface area contributed by atoms with Crippen molar-refractivity contribution in [3.8, 4) is 11.3 Å². The van der Waals surface area contributed by atoms with E-state index in [1.165, 1.54) is 5.56 Å². The molecule has 0 amide bonds. The van der Waals surface area contributed by atoms with Crippen molar-refractivity contribution in [1.29, 1.82) is 0 Å². The molecule has 1 aliphatic heterocycles. The molecule has 3 heterocycles. The van der Waals surface area contributed by atoms with E-state index in [-0.39, 0.29) is 17.8 Å². The molecule has 0 saturated carbocycles. The number of ether oxygens (including phenoxy) is 1. The van der Waals surface area contributed by atoms with Crippen LogP contribution in [0.5, 0.6) is 0 Å². The molecule has 32 heavy (non-hydrogen) atoms. The molecule has 2 aromatic heterocycles. The average Bonchev–Trinajstić information content (AvgIpc) is 3.16. The molecule has 6 nitrogen and oxygen atoms in total. The molecule has 0 spiro atoms. The predicted molar refractivity (Wildman–Crippen MR) is 130 cm³/mol. The third-order valence-electron chi connectivity index (χ3n) is 5.62. The largest absolute Gasteiger partial charge is 0.373 e. The summed E-state index contributed by atoms with van der Waals surface area (Å²) >= 11 is 0. The van der Waals surface area contributed by atoms with Crippen molar-refractivity contribution in [3.05, 3.63) is 82.8 Å². The first-order valence-corrected chi connectivity index (χ1v) is 11.0. The number of fused-ring (bicyclic) bond motifs is 1. The van der Waals surface area contributed by atoms with E-state index in [0.717, 1.165) is 41.8 Å². The van der Waals surface area contributed by atoms with Crippen LogP contribution in [-0.2, 0) is 11.3 Å². The van der Waals surface area contributed by atoms with E-state index in [1.54, 1.807) is 6.08 Å². The number of rotatable bonds is 6. The highest BCUT2D eigenvalue weighted by atomic mass is 16.5. The summed E-state index contributed by atoms with van der Waals surface area (Å²) in [6, 6.07) is 10.3. The molecule has 1 saturated heterocycles. The SMILES string of the molecule is C=C/C=C(\C=C/C)c1cc(-c2cc3ccc(CN4CC(C)OC(C)C4)cc3[nH]2)c(=O)[nH]n1. The molecule has 4 rings (SSSR count). The van der Waals surface area contributed by atoms with Crippen LogP contribution in [0, 0.1) is 0 Å². The highest BCUT2D eigenvalue weighted by Crippen LogP contribution is 2.25. The van der Waals surface area contributed by atoms with Crippen molar-refractivity contribution in [3.63, 3.8) is 0 Å². The zero-order valence-corrected chi connectivity index (χ0v) is 18.9. The molecule has 3 aromatic rings. The van der Waals surface area contributed by atoms with E-state index in [9.17, 15) is 4.79 Å².